The summed E-state index contributed by atoms with van der Waals surface area (Å²) in [5.74, 6) is -1.44. The molecule has 76 valence electrons. The molecule has 0 saturated heterocycles. The van der Waals surface area contributed by atoms with E-state index in [4.69, 9.17) is 5.39 Å². The minimum Gasteiger partial charge on any atom is -0.500 e. The number of rotatable bonds is 2. The average Bonchev–Trinajstić information content (AvgIpc) is 2.19. The zero-order chi connectivity index (χ0) is 10.6. The number of hydrogen-bond acceptors (Lipinski definition) is 4. The highest BCUT2D eigenvalue weighted by Gasteiger charge is 2.37. The van der Waals surface area contributed by atoms with Crippen molar-refractivity contribution in [1.29, 1.82) is 5.39 Å². The third kappa shape index (κ3) is 2.19. The van der Waals surface area contributed by atoms with Gasteiger partial charge in [0.2, 0.25) is 5.39 Å². The van der Waals surface area contributed by atoms with E-state index in [1.807, 2.05) is 0 Å². The van der Waals surface area contributed by atoms with Crippen LogP contribution in [-0.4, -0.2) is 10.0 Å². The molecule has 1 aliphatic rings. The molecule has 1 saturated carbocycles. The maximum absolute atomic E-state index is 10.3. The number of aliphatic hydroxyl groups excluding tert-OH is 1. The fourth-order valence-corrected chi connectivity index (χ4v) is 1.74. The Morgan fingerprint density at radius 3 is 2.43 bits per heavy atom. The summed E-state index contributed by atoms with van der Waals surface area (Å²) in [5, 5.41) is 28.2. The number of aliphatic hydroxyl groups is 1. The Balaban J connectivity index is 2.83. The van der Waals surface area contributed by atoms with E-state index in [0.29, 0.717) is 0 Å². The van der Waals surface area contributed by atoms with Gasteiger partial charge in [0.15, 0.2) is 4.92 Å². The highest BCUT2D eigenvalue weighted by molar-refractivity contribution is 5.08. The molecule has 0 radical (unpaired) electrons. The van der Waals surface area contributed by atoms with Gasteiger partial charge in [0.05, 0.1) is 0 Å². The molecule has 1 N–H and O–H groups in total. The van der Waals surface area contributed by atoms with Crippen LogP contribution in [0.3, 0.4) is 0 Å². The molecule has 6 heteroatoms. The Morgan fingerprint density at radius 2 is 2.00 bits per heavy atom. The second-order valence-corrected chi connectivity index (χ2v) is 3.40. The van der Waals surface area contributed by atoms with Gasteiger partial charge in [0, 0.05) is 5.92 Å². The van der Waals surface area contributed by atoms with Crippen LogP contribution in [0, 0.1) is 21.4 Å². The number of diazo groups is 1. The molecule has 0 unspecified atom stereocenters. The van der Waals surface area contributed by atoms with Crippen molar-refractivity contribution in [3.05, 3.63) is 26.7 Å². The van der Waals surface area contributed by atoms with Crippen LogP contribution in [0.4, 0.5) is 0 Å². The minimum atomic E-state index is -0.871. The fraction of sp³-hybridized carbons (Fsp3) is 0.750. The summed E-state index contributed by atoms with van der Waals surface area (Å²) in [5.41, 5.74) is 0. The lowest BCUT2D eigenvalue weighted by molar-refractivity contribution is -0.423. The zero-order valence-electron chi connectivity index (χ0n) is 7.72. The Morgan fingerprint density at radius 1 is 1.43 bits per heavy atom. The first-order valence-corrected chi connectivity index (χ1v) is 4.59. The Labute approximate surface area is 81.0 Å². The van der Waals surface area contributed by atoms with Crippen LogP contribution in [0.1, 0.15) is 32.1 Å². The summed E-state index contributed by atoms with van der Waals surface area (Å²) in [6.45, 7) is 0. The van der Waals surface area contributed by atoms with Gasteiger partial charge in [-0.15, -0.1) is 0 Å². The lowest BCUT2D eigenvalue weighted by Crippen LogP contribution is -2.13. The third-order valence-corrected chi connectivity index (χ3v) is 2.49. The van der Waals surface area contributed by atoms with E-state index < -0.39 is 16.5 Å². The Hall–Kier alpha value is -1.64. The lowest BCUT2D eigenvalue weighted by atomic mass is 9.88. The molecule has 0 aromatic carbocycles. The van der Waals surface area contributed by atoms with Crippen molar-refractivity contribution < 1.29 is 10.0 Å². The molecule has 0 bridgehead atoms. The quantitative estimate of drug-likeness (QED) is 0.319. The van der Waals surface area contributed by atoms with Crippen molar-refractivity contribution in [3.63, 3.8) is 0 Å². The molecular formula is C8H12N3O3+. The van der Waals surface area contributed by atoms with Crippen molar-refractivity contribution >= 4 is 0 Å². The van der Waals surface area contributed by atoms with Crippen LogP contribution < -0.4 is 0 Å². The average molecular weight is 198 g/mol. The van der Waals surface area contributed by atoms with E-state index in [0.717, 1.165) is 32.1 Å². The van der Waals surface area contributed by atoms with E-state index in [-0.39, 0.29) is 5.92 Å². The largest absolute Gasteiger partial charge is 0.705 e. The SMILES string of the molecule is N#[N+]/C(=C(/O)C1CCCCC1)[N+](=O)[O-]. The molecule has 0 atom stereocenters. The van der Waals surface area contributed by atoms with Crippen molar-refractivity contribution in [2.24, 2.45) is 5.92 Å². The zero-order valence-corrected chi connectivity index (χ0v) is 7.72. The smallest absolute Gasteiger partial charge is 0.500 e. The monoisotopic (exact) mass is 198 g/mol. The van der Waals surface area contributed by atoms with Gasteiger partial charge in [-0.2, -0.15) is 0 Å². The topological polar surface area (TPSA) is 91.5 Å². The summed E-state index contributed by atoms with van der Waals surface area (Å²) in [4.78, 5) is 12.0. The highest BCUT2D eigenvalue weighted by atomic mass is 16.6. The van der Waals surface area contributed by atoms with E-state index in [1.165, 1.54) is 0 Å². The van der Waals surface area contributed by atoms with E-state index in [9.17, 15) is 15.2 Å². The van der Waals surface area contributed by atoms with Gasteiger partial charge in [-0.05, 0) is 12.8 Å². The standard InChI is InChI=1S/C8H11N3O3/c9-10-8(11(13)14)7(12)6-4-2-1-3-5-6/h6H,1-5H2/p+1/b8-7-. The molecule has 0 heterocycles. The van der Waals surface area contributed by atoms with Crippen molar-refractivity contribution in [3.8, 4) is 0 Å². The van der Waals surface area contributed by atoms with Gasteiger partial charge in [0.1, 0.15) is 0 Å². The number of nitro groups is 1. The van der Waals surface area contributed by atoms with Gasteiger partial charge in [0.25, 0.3) is 10.7 Å². The predicted octanol–water partition coefficient (Wildman–Crippen LogP) is 2.42. The molecule has 1 fully saturated rings. The summed E-state index contributed by atoms with van der Waals surface area (Å²) < 4.78 is 0. The number of allylic oxidation sites excluding steroid dienone is 1. The first kappa shape index (κ1) is 10.4. The summed E-state index contributed by atoms with van der Waals surface area (Å²) >= 11 is 0. The summed E-state index contributed by atoms with van der Waals surface area (Å²) in [7, 11) is 0. The molecule has 6 nitrogen and oxygen atoms in total. The van der Waals surface area contributed by atoms with Gasteiger partial charge in [-0.25, -0.2) is 0 Å². The molecular weight excluding hydrogens is 186 g/mol. The van der Waals surface area contributed by atoms with Crippen molar-refractivity contribution in [2.75, 3.05) is 0 Å². The molecule has 0 amide bonds. The molecule has 0 aromatic rings. The molecule has 1 rings (SSSR count). The summed E-state index contributed by atoms with van der Waals surface area (Å²) in [6, 6.07) is 0. The van der Waals surface area contributed by atoms with Crippen LogP contribution in [-0.2, 0) is 0 Å². The van der Waals surface area contributed by atoms with Crippen LogP contribution in [0.5, 0.6) is 0 Å². The first-order valence-electron chi connectivity index (χ1n) is 4.59. The Kier molecular flexibility index (Phi) is 3.40. The van der Waals surface area contributed by atoms with Crippen LogP contribution in [0.15, 0.2) is 11.6 Å². The van der Waals surface area contributed by atoms with Gasteiger partial charge >= 0.3 is 5.82 Å². The molecule has 0 aliphatic heterocycles. The number of nitrogens with zero attached hydrogens (tertiary/aromatic N) is 3. The minimum absolute atomic E-state index is 0.222. The second-order valence-electron chi connectivity index (χ2n) is 3.40. The third-order valence-electron chi connectivity index (χ3n) is 2.49. The summed E-state index contributed by atoms with van der Waals surface area (Å²) in [6.07, 6.45) is 4.43. The van der Waals surface area contributed by atoms with E-state index in [1.54, 1.807) is 0 Å². The number of hydrogen-bond donors (Lipinski definition) is 1. The maximum Gasteiger partial charge on any atom is 0.705 e. The van der Waals surface area contributed by atoms with Crippen molar-refractivity contribution in [2.45, 2.75) is 32.1 Å². The van der Waals surface area contributed by atoms with Gasteiger partial charge in [-0.1, -0.05) is 19.3 Å². The van der Waals surface area contributed by atoms with Gasteiger partial charge in [-0.3, -0.25) is 10.1 Å². The van der Waals surface area contributed by atoms with E-state index in [2.05, 4.69) is 4.98 Å². The predicted molar refractivity (Wildman–Crippen MR) is 48.3 cm³/mol. The van der Waals surface area contributed by atoms with Crippen LogP contribution in [0.25, 0.3) is 4.98 Å². The normalized spacial score (nSPS) is 19.6. The second kappa shape index (κ2) is 4.56. The van der Waals surface area contributed by atoms with Gasteiger partial charge < -0.3 is 5.11 Å². The lowest BCUT2D eigenvalue weighted by Gasteiger charge is -2.17. The first-order chi connectivity index (χ1) is 6.66. The maximum atomic E-state index is 10.3. The Bertz CT molecular complexity index is 299. The van der Waals surface area contributed by atoms with Crippen LogP contribution >= 0.6 is 0 Å². The fourth-order valence-electron chi connectivity index (χ4n) is 1.74. The molecule has 1 aliphatic carbocycles. The molecule has 14 heavy (non-hydrogen) atoms. The highest BCUT2D eigenvalue weighted by Crippen LogP contribution is 2.30. The van der Waals surface area contributed by atoms with E-state index >= 15 is 0 Å². The molecule has 0 spiro atoms. The molecule has 0 aromatic heterocycles. The van der Waals surface area contributed by atoms with Crippen molar-refractivity contribution in [1.82, 2.24) is 0 Å². The van der Waals surface area contributed by atoms with Crippen LogP contribution in [0.2, 0.25) is 0 Å².